The van der Waals surface area contributed by atoms with Gasteiger partial charge in [0.05, 0.1) is 5.41 Å². The highest BCUT2D eigenvalue weighted by atomic mass is 19.3. The number of halogens is 3. The van der Waals surface area contributed by atoms with E-state index in [1.807, 2.05) is 6.92 Å². The lowest BCUT2D eigenvalue weighted by Crippen LogP contribution is -2.13. The van der Waals surface area contributed by atoms with Crippen molar-refractivity contribution in [3.63, 3.8) is 0 Å². The van der Waals surface area contributed by atoms with Gasteiger partial charge in [0, 0.05) is 12.6 Å². The molecule has 4 rings (SSSR count). The van der Waals surface area contributed by atoms with Gasteiger partial charge in [-0.3, -0.25) is 4.68 Å². The van der Waals surface area contributed by atoms with Gasteiger partial charge in [0.1, 0.15) is 11.4 Å². The van der Waals surface area contributed by atoms with Crippen LogP contribution in [0.5, 0.6) is 0 Å². The molecule has 8 heteroatoms. The Balaban J connectivity index is 1.70. The fraction of sp³-hybridized carbons (Fsp3) is 0.353. The van der Waals surface area contributed by atoms with E-state index in [1.165, 1.54) is 19.2 Å². The van der Waals surface area contributed by atoms with Gasteiger partial charge in [-0.15, -0.1) is 0 Å². The van der Waals surface area contributed by atoms with Crippen LogP contribution in [0.2, 0.25) is 0 Å². The number of aromatic nitrogens is 4. The third-order valence-electron chi connectivity index (χ3n) is 4.51. The molecule has 2 aliphatic rings. The Labute approximate surface area is 140 Å². The molecule has 2 aliphatic carbocycles. The second-order valence-corrected chi connectivity index (χ2v) is 6.16. The Morgan fingerprint density at radius 1 is 1.32 bits per heavy atom. The van der Waals surface area contributed by atoms with Crippen molar-refractivity contribution in [3.05, 3.63) is 52.2 Å². The molecular formula is C17H13F3N4O. The molecule has 0 atom stereocenters. The summed E-state index contributed by atoms with van der Waals surface area (Å²) in [4.78, 5) is 4.33. The number of aryl methyl sites for hydroxylation is 1. The average Bonchev–Trinajstić information content (AvgIpc) is 3.03. The molecule has 0 amide bonds. The fourth-order valence-corrected chi connectivity index (χ4v) is 3.03. The predicted molar refractivity (Wildman–Crippen MR) is 81.3 cm³/mol. The summed E-state index contributed by atoms with van der Waals surface area (Å²) in [5.74, 6) is -0.0415. The zero-order chi connectivity index (χ0) is 17.8. The number of alkyl halides is 2. The van der Waals surface area contributed by atoms with E-state index in [1.54, 1.807) is 0 Å². The largest absolute Gasteiger partial charge is 0.338 e. The maximum Gasteiger partial charge on any atom is 0.280 e. The van der Waals surface area contributed by atoms with Crippen molar-refractivity contribution in [2.45, 2.75) is 31.6 Å². The summed E-state index contributed by atoms with van der Waals surface area (Å²) in [6.45, 7) is 1.82. The molecule has 2 aromatic rings. The van der Waals surface area contributed by atoms with E-state index in [9.17, 15) is 13.2 Å². The SMILES string of the molecule is CC1=C=C=C(F)C=C1C1(c2nc(-c3cc(C(F)F)n(C)n3)no2)CC1. The van der Waals surface area contributed by atoms with Crippen molar-refractivity contribution in [1.29, 1.82) is 0 Å². The van der Waals surface area contributed by atoms with Gasteiger partial charge in [-0.1, -0.05) is 10.9 Å². The number of hydrogen-bond acceptors (Lipinski definition) is 4. The normalized spacial score (nSPS) is 18.2. The highest BCUT2D eigenvalue weighted by Gasteiger charge is 2.53. The second-order valence-electron chi connectivity index (χ2n) is 6.16. The van der Waals surface area contributed by atoms with Crippen LogP contribution in [0, 0.1) is 0 Å². The average molecular weight is 346 g/mol. The molecule has 2 aromatic heterocycles. The molecule has 0 radical (unpaired) electrons. The van der Waals surface area contributed by atoms with Gasteiger partial charge in [0.15, 0.2) is 5.83 Å². The van der Waals surface area contributed by atoms with E-state index in [-0.39, 0.29) is 17.2 Å². The summed E-state index contributed by atoms with van der Waals surface area (Å²) in [5.41, 5.74) is 6.07. The zero-order valence-electron chi connectivity index (χ0n) is 13.5. The summed E-state index contributed by atoms with van der Waals surface area (Å²) in [6.07, 6.45) is 0.224. The summed E-state index contributed by atoms with van der Waals surface area (Å²) >= 11 is 0. The van der Waals surface area contributed by atoms with Crippen molar-refractivity contribution in [2.75, 3.05) is 0 Å². The molecule has 0 spiro atoms. The van der Waals surface area contributed by atoms with Gasteiger partial charge in [0.2, 0.25) is 11.7 Å². The van der Waals surface area contributed by atoms with Crippen molar-refractivity contribution >= 4 is 0 Å². The lowest BCUT2D eigenvalue weighted by molar-refractivity contribution is 0.141. The van der Waals surface area contributed by atoms with Crippen LogP contribution in [0.4, 0.5) is 13.2 Å². The molecule has 5 nitrogen and oxygen atoms in total. The lowest BCUT2D eigenvalue weighted by atomic mass is 9.88. The van der Waals surface area contributed by atoms with Crippen LogP contribution in [0.1, 0.15) is 37.8 Å². The lowest BCUT2D eigenvalue weighted by Gasteiger charge is -2.15. The van der Waals surface area contributed by atoms with Crippen molar-refractivity contribution in [2.24, 2.45) is 7.05 Å². The highest BCUT2D eigenvalue weighted by molar-refractivity contribution is 5.53. The monoisotopic (exact) mass is 346 g/mol. The second kappa shape index (κ2) is 5.34. The Kier molecular flexibility index (Phi) is 3.35. The topological polar surface area (TPSA) is 56.7 Å². The first-order valence-corrected chi connectivity index (χ1v) is 7.68. The first kappa shape index (κ1) is 15.7. The first-order valence-electron chi connectivity index (χ1n) is 7.68. The van der Waals surface area contributed by atoms with Crippen molar-refractivity contribution < 1.29 is 17.7 Å². The molecule has 0 aliphatic heterocycles. The molecule has 1 saturated carbocycles. The summed E-state index contributed by atoms with van der Waals surface area (Å²) in [7, 11) is 1.43. The van der Waals surface area contributed by atoms with Crippen LogP contribution < -0.4 is 0 Å². The Morgan fingerprint density at radius 3 is 2.72 bits per heavy atom. The van der Waals surface area contributed by atoms with Crippen molar-refractivity contribution in [1.82, 2.24) is 19.9 Å². The Morgan fingerprint density at radius 2 is 2.08 bits per heavy atom. The molecule has 0 N–H and O–H groups in total. The first-order chi connectivity index (χ1) is 11.9. The molecular weight excluding hydrogens is 333 g/mol. The fourth-order valence-electron chi connectivity index (χ4n) is 3.03. The quantitative estimate of drug-likeness (QED) is 0.787. The minimum atomic E-state index is -2.64. The maximum absolute atomic E-state index is 13.6. The van der Waals surface area contributed by atoms with Crippen LogP contribution in [-0.2, 0) is 12.5 Å². The van der Waals surface area contributed by atoms with Gasteiger partial charge >= 0.3 is 0 Å². The molecule has 0 aromatic carbocycles. The summed E-state index contributed by atoms with van der Waals surface area (Å²) in [5, 5.41) is 7.87. The zero-order valence-corrected chi connectivity index (χ0v) is 13.5. The van der Waals surface area contributed by atoms with E-state index >= 15 is 0 Å². The minimum Gasteiger partial charge on any atom is -0.338 e. The van der Waals surface area contributed by atoms with Crippen LogP contribution >= 0.6 is 0 Å². The smallest absolute Gasteiger partial charge is 0.280 e. The standard InChI is InChI=1S/C17H13F3N4O/c1-9-3-4-10(18)7-11(9)17(5-6-17)16-21-15(23-25-16)12-8-13(14(19)20)24(2)22-12/h7-8,14H,5-6H2,1-2H3. The molecule has 2 heterocycles. The number of rotatable bonds is 4. The van der Waals surface area contributed by atoms with Crippen LogP contribution in [-0.4, -0.2) is 19.9 Å². The van der Waals surface area contributed by atoms with Gasteiger partial charge in [-0.05, 0) is 43.2 Å². The summed E-state index contributed by atoms with van der Waals surface area (Å²) in [6, 6.07) is 1.23. The highest BCUT2D eigenvalue weighted by Crippen LogP contribution is 2.55. The number of nitrogens with zero attached hydrogens (tertiary/aromatic N) is 4. The van der Waals surface area contributed by atoms with Crippen LogP contribution in [0.3, 0.4) is 0 Å². The third kappa shape index (κ3) is 2.47. The molecule has 1 fully saturated rings. The van der Waals surface area contributed by atoms with Crippen LogP contribution in [0.15, 0.2) is 45.1 Å². The van der Waals surface area contributed by atoms with E-state index in [0.29, 0.717) is 5.89 Å². The third-order valence-corrected chi connectivity index (χ3v) is 4.51. The van der Waals surface area contributed by atoms with Gasteiger partial charge in [0.25, 0.3) is 6.43 Å². The molecule has 25 heavy (non-hydrogen) atoms. The number of hydrogen-bond donors (Lipinski definition) is 0. The van der Waals surface area contributed by atoms with E-state index in [2.05, 4.69) is 26.7 Å². The van der Waals surface area contributed by atoms with Crippen molar-refractivity contribution in [3.8, 4) is 11.5 Å². The number of allylic oxidation sites excluding steroid dienone is 4. The van der Waals surface area contributed by atoms with Gasteiger partial charge < -0.3 is 4.52 Å². The van der Waals surface area contributed by atoms with Crippen LogP contribution in [0.25, 0.3) is 11.5 Å². The van der Waals surface area contributed by atoms with E-state index < -0.39 is 17.7 Å². The van der Waals surface area contributed by atoms with Gasteiger partial charge in [-0.25, -0.2) is 8.78 Å². The molecule has 0 bridgehead atoms. The molecule has 0 unspecified atom stereocenters. The Hall–Kier alpha value is -2.82. The molecule has 128 valence electrons. The summed E-state index contributed by atoms with van der Waals surface area (Å²) < 4.78 is 45.8. The van der Waals surface area contributed by atoms with E-state index in [0.717, 1.165) is 28.7 Å². The predicted octanol–water partition coefficient (Wildman–Crippen LogP) is 3.93. The minimum absolute atomic E-state index is 0.133. The van der Waals surface area contributed by atoms with E-state index in [4.69, 9.17) is 4.52 Å². The Bertz CT molecular complexity index is 997. The van der Waals surface area contributed by atoms with Gasteiger partial charge in [-0.2, -0.15) is 14.5 Å². The molecule has 0 saturated heterocycles. The maximum atomic E-state index is 13.6.